The van der Waals surface area contributed by atoms with Gasteiger partial charge in [-0.25, -0.2) is 0 Å². The fourth-order valence-electron chi connectivity index (χ4n) is 1.67. The first-order chi connectivity index (χ1) is 4.88. The van der Waals surface area contributed by atoms with Gasteiger partial charge in [0.2, 0.25) is 0 Å². The number of carbonyl (C=O) groups is 1. The summed E-state index contributed by atoms with van der Waals surface area (Å²) in [6.45, 7) is 0. The van der Waals surface area contributed by atoms with Crippen molar-refractivity contribution in [2.45, 2.75) is 12.8 Å². The highest BCUT2D eigenvalue weighted by atomic mass is 16.1. The smallest absolute Gasteiger partial charge is 0.140 e. The van der Waals surface area contributed by atoms with Crippen LogP contribution in [0.4, 0.5) is 0 Å². The lowest BCUT2D eigenvalue weighted by molar-refractivity contribution is -0.119. The summed E-state index contributed by atoms with van der Waals surface area (Å²) in [5.74, 6) is 1.07. The molecule has 2 atom stereocenters. The molecule has 0 aromatic rings. The Labute approximate surface area is 60.4 Å². The van der Waals surface area contributed by atoms with E-state index in [1.807, 2.05) is 18.2 Å². The normalized spacial score (nSPS) is 36.6. The van der Waals surface area contributed by atoms with Gasteiger partial charge in [0.05, 0.1) is 0 Å². The van der Waals surface area contributed by atoms with Crippen LogP contribution in [0.25, 0.3) is 0 Å². The Morgan fingerprint density at radius 3 is 3.30 bits per heavy atom. The van der Waals surface area contributed by atoms with Crippen LogP contribution in [0.5, 0.6) is 0 Å². The lowest BCUT2D eigenvalue weighted by Crippen LogP contribution is -2.11. The van der Waals surface area contributed by atoms with E-state index in [0.29, 0.717) is 11.7 Å². The highest BCUT2D eigenvalue weighted by molar-refractivity contribution is 5.85. The van der Waals surface area contributed by atoms with Gasteiger partial charge < -0.3 is 0 Å². The summed E-state index contributed by atoms with van der Waals surface area (Å²) in [5, 5.41) is 0. The van der Waals surface area contributed by atoms with Crippen molar-refractivity contribution in [1.82, 2.24) is 0 Å². The second kappa shape index (κ2) is 2.08. The van der Waals surface area contributed by atoms with Gasteiger partial charge >= 0.3 is 0 Å². The van der Waals surface area contributed by atoms with Crippen molar-refractivity contribution in [3.63, 3.8) is 0 Å². The van der Waals surface area contributed by atoms with Crippen molar-refractivity contribution in [2.24, 2.45) is 11.8 Å². The lowest BCUT2D eigenvalue weighted by Gasteiger charge is -2.11. The molecule has 1 heteroatoms. The largest absolute Gasteiger partial charge is 0.299 e. The first-order valence-electron chi connectivity index (χ1n) is 3.67. The zero-order valence-corrected chi connectivity index (χ0v) is 5.71. The third kappa shape index (κ3) is 0.737. The van der Waals surface area contributed by atoms with Gasteiger partial charge in [0.25, 0.3) is 0 Å². The molecule has 1 fully saturated rings. The summed E-state index contributed by atoms with van der Waals surface area (Å²) >= 11 is 0. The Balaban J connectivity index is 2.27. The molecule has 0 heterocycles. The topological polar surface area (TPSA) is 17.1 Å². The van der Waals surface area contributed by atoms with E-state index in [2.05, 4.69) is 6.08 Å². The zero-order chi connectivity index (χ0) is 6.97. The number of ketones is 1. The van der Waals surface area contributed by atoms with Crippen LogP contribution in [0.2, 0.25) is 0 Å². The number of hydrogen-bond donors (Lipinski definition) is 0. The third-order valence-corrected chi connectivity index (χ3v) is 2.27. The maximum atomic E-state index is 11.1. The van der Waals surface area contributed by atoms with Crippen LogP contribution >= 0.6 is 0 Å². The SMILES string of the molecule is O=C1CCC2C=[C]C=CC12. The molecule has 2 aliphatic rings. The average molecular weight is 133 g/mol. The van der Waals surface area contributed by atoms with Crippen molar-refractivity contribution >= 4 is 5.78 Å². The molecule has 51 valence electrons. The van der Waals surface area contributed by atoms with E-state index in [9.17, 15) is 4.79 Å². The Bertz CT molecular complexity index is 213. The molecule has 0 spiro atoms. The predicted octanol–water partition coefficient (Wildman–Crippen LogP) is 1.51. The van der Waals surface area contributed by atoms with E-state index < -0.39 is 0 Å². The highest BCUT2D eigenvalue weighted by Gasteiger charge is 2.31. The van der Waals surface area contributed by atoms with Crippen LogP contribution in [-0.4, -0.2) is 5.78 Å². The monoisotopic (exact) mass is 133 g/mol. The van der Waals surface area contributed by atoms with Crippen molar-refractivity contribution in [2.75, 3.05) is 0 Å². The van der Waals surface area contributed by atoms with E-state index in [1.54, 1.807) is 0 Å². The number of Topliss-reactive ketones (excluding diaryl/α,β-unsaturated/α-hetero) is 1. The molecule has 0 saturated heterocycles. The summed E-state index contributed by atoms with van der Waals surface area (Å²) in [6.07, 6.45) is 10.7. The highest BCUT2D eigenvalue weighted by Crippen LogP contribution is 2.32. The fourth-order valence-corrected chi connectivity index (χ4v) is 1.67. The molecule has 0 N–H and O–H groups in total. The molecule has 2 unspecified atom stereocenters. The predicted molar refractivity (Wildman–Crippen MR) is 38.2 cm³/mol. The van der Waals surface area contributed by atoms with Gasteiger partial charge in [0, 0.05) is 12.3 Å². The van der Waals surface area contributed by atoms with Gasteiger partial charge in [-0.15, -0.1) is 0 Å². The van der Waals surface area contributed by atoms with Crippen LogP contribution in [-0.2, 0) is 4.79 Å². The standard InChI is InChI=1S/C9H9O/c10-9-6-5-7-3-1-2-4-8(7)9/h2-4,7-8H,5-6H2. The molecule has 10 heavy (non-hydrogen) atoms. The van der Waals surface area contributed by atoms with E-state index in [1.165, 1.54) is 0 Å². The Hall–Kier alpha value is -0.850. The number of hydrogen-bond acceptors (Lipinski definition) is 1. The molecule has 0 aromatic carbocycles. The molecule has 1 saturated carbocycles. The molecule has 2 aliphatic carbocycles. The molecule has 0 bridgehead atoms. The second-order valence-electron chi connectivity index (χ2n) is 2.89. The van der Waals surface area contributed by atoms with Crippen LogP contribution in [0.3, 0.4) is 0 Å². The zero-order valence-electron chi connectivity index (χ0n) is 5.71. The third-order valence-electron chi connectivity index (χ3n) is 2.27. The molecular weight excluding hydrogens is 124 g/mol. The molecule has 1 radical (unpaired) electrons. The van der Waals surface area contributed by atoms with Gasteiger partial charge in [-0.1, -0.05) is 18.2 Å². The lowest BCUT2D eigenvalue weighted by atomic mass is 9.92. The summed E-state index contributed by atoms with van der Waals surface area (Å²) in [5.41, 5.74) is 0. The Morgan fingerprint density at radius 1 is 1.60 bits per heavy atom. The van der Waals surface area contributed by atoms with Gasteiger partial charge in [0.15, 0.2) is 0 Å². The maximum Gasteiger partial charge on any atom is 0.140 e. The molecule has 0 amide bonds. The molecule has 2 rings (SSSR count). The van der Waals surface area contributed by atoms with Gasteiger partial charge in [-0.3, -0.25) is 4.79 Å². The number of fused-ring (bicyclic) bond motifs is 1. The minimum Gasteiger partial charge on any atom is -0.299 e. The first-order valence-corrected chi connectivity index (χ1v) is 3.67. The quantitative estimate of drug-likeness (QED) is 0.489. The first kappa shape index (κ1) is 5.90. The van der Waals surface area contributed by atoms with Crippen molar-refractivity contribution in [3.05, 3.63) is 24.3 Å². The maximum absolute atomic E-state index is 11.1. The average Bonchev–Trinajstić information content (AvgIpc) is 2.34. The van der Waals surface area contributed by atoms with Crippen LogP contribution in [0.15, 0.2) is 18.2 Å². The van der Waals surface area contributed by atoms with E-state index in [4.69, 9.17) is 0 Å². The molecule has 1 nitrogen and oxygen atoms in total. The minimum absolute atomic E-state index is 0.196. The van der Waals surface area contributed by atoms with Crippen molar-refractivity contribution in [1.29, 1.82) is 0 Å². The summed E-state index contributed by atoms with van der Waals surface area (Å²) < 4.78 is 0. The summed E-state index contributed by atoms with van der Waals surface area (Å²) in [6, 6.07) is 0. The van der Waals surface area contributed by atoms with Crippen molar-refractivity contribution < 1.29 is 4.79 Å². The Kier molecular flexibility index (Phi) is 1.23. The summed E-state index contributed by atoms with van der Waals surface area (Å²) in [7, 11) is 0. The molecular formula is C9H9O. The van der Waals surface area contributed by atoms with Crippen LogP contribution < -0.4 is 0 Å². The number of carbonyl (C=O) groups excluding carboxylic acids is 1. The Morgan fingerprint density at radius 2 is 2.50 bits per heavy atom. The van der Waals surface area contributed by atoms with Gasteiger partial charge in [0.1, 0.15) is 5.78 Å². The van der Waals surface area contributed by atoms with E-state index in [0.717, 1.165) is 12.8 Å². The van der Waals surface area contributed by atoms with Crippen LogP contribution in [0, 0.1) is 17.9 Å². The second-order valence-corrected chi connectivity index (χ2v) is 2.89. The number of rotatable bonds is 0. The molecule has 0 aliphatic heterocycles. The number of allylic oxidation sites excluding steroid dienone is 4. The molecule has 0 aromatic heterocycles. The van der Waals surface area contributed by atoms with E-state index in [-0.39, 0.29) is 5.92 Å². The van der Waals surface area contributed by atoms with Crippen LogP contribution in [0.1, 0.15) is 12.8 Å². The van der Waals surface area contributed by atoms with E-state index >= 15 is 0 Å². The van der Waals surface area contributed by atoms with Gasteiger partial charge in [-0.2, -0.15) is 0 Å². The van der Waals surface area contributed by atoms with Gasteiger partial charge in [-0.05, 0) is 18.4 Å². The minimum atomic E-state index is 0.196. The fraction of sp³-hybridized carbons (Fsp3) is 0.444. The summed E-state index contributed by atoms with van der Waals surface area (Å²) in [4.78, 5) is 11.1. The van der Waals surface area contributed by atoms with Crippen molar-refractivity contribution in [3.8, 4) is 0 Å².